The van der Waals surface area contributed by atoms with Crippen molar-refractivity contribution in [2.45, 2.75) is 18.0 Å². The summed E-state index contributed by atoms with van der Waals surface area (Å²) in [4.78, 5) is 10.1. The summed E-state index contributed by atoms with van der Waals surface area (Å²) < 4.78 is 88.5. The Labute approximate surface area is 140 Å². The third-order valence-electron chi connectivity index (χ3n) is 2.71. The highest BCUT2D eigenvalue weighted by Crippen LogP contribution is 2.43. The second-order valence-electron chi connectivity index (χ2n) is 4.62. The molecule has 0 bridgehead atoms. The molecular formula is C12H21F6NO6. The van der Waals surface area contributed by atoms with Gasteiger partial charge in [-0.3, -0.25) is 9.68 Å². The number of rotatable bonds is 13. The van der Waals surface area contributed by atoms with Crippen molar-refractivity contribution in [1.29, 1.82) is 0 Å². The number of hydroxylamine groups is 2. The molecular weight excluding hydrogens is 368 g/mol. The normalized spacial score (nSPS) is 13.7. The molecule has 13 heteroatoms. The van der Waals surface area contributed by atoms with E-state index in [1.54, 1.807) is 0 Å². The molecule has 0 atom stereocenters. The van der Waals surface area contributed by atoms with Crippen LogP contribution in [0.4, 0.5) is 26.3 Å². The van der Waals surface area contributed by atoms with Gasteiger partial charge < -0.3 is 19.3 Å². The lowest BCUT2D eigenvalue weighted by atomic mass is 10.1. The predicted molar refractivity (Wildman–Crippen MR) is 70.2 cm³/mol. The number of alkyl halides is 6. The lowest BCUT2D eigenvalue weighted by Crippen LogP contribution is -2.60. The summed E-state index contributed by atoms with van der Waals surface area (Å²) in [6.45, 7) is -2.56. The van der Waals surface area contributed by atoms with Crippen molar-refractivity contribution in [3.63, 3.8) is 0 Å². The number of halogens is 6. The van der Waals surface area contributed by atoms with E-state index in [2.05, 4.69) is 4.74 Å². The molecule has 0 aliphatic carbocycles. The number of aliphatic hydroxyl groups is 1. The van der Waals surface area contributed by atoms with E-state index in [4.69, 9.17) is 24.3 Å². The number of methoxy groups -OCH3 is 2. The fourth-order valence-electron chi connectivity index (χ4n) is 1.29. The zero-order valence-electron chi connectivity index (χ0n) is 13.7. The molecule has 0 amide bonds. The smallest absolute Gasteiger partial charge is 0.382 e. The van der Waals surface area contributed by atoms with E-state index in [9.17, 15) is 26.3 Å². The fraction of sp³-hybridized carbons (Fsp3) is 1.00. The molecule has 7 nitrogen and oxygen atoms in total. The summed E-state index contributed by atoms with van der Waals surface area (Å²) in [5.74, 6) is 0. The zero-order valence-corrected chi connectivity index (χ0v) is 13.7. The van der Waals surface area contributed by atoms with Crippen molar-refractivity contribution in [2.75, 3.05) is 60.4 Å². The molecule has 0 fully saturated rings. The topological polar surface area (TPSA) is 69.6 Å². The molecule has 0 aromatic rings. The van der Waals surface area contributed by atoms with Gasteiger partial charge in [0.1, 0.15) is 0 Å². The van der Waals surface area contributed by atoms with E-state index < -0.39 is 31.2 Å². The standard InChI is InChI=1S/C12H21F6NO6/c1-21-5-7-24-19(25-8-6-22-2)3-4-23-9-10(20,11(13,14)15)12(16,17)18/h20H,3-9H2,1-2H3. The number of hydrogen-bond donors (Lipinski definition) is 1. The van der Waals surface area contributed by atoms with Crippen LogP contribution in [0, 0.1) is 0 Å². The van der Waals surface area contributed by atoms with Gasteiger partial charge in [-0.2, -0.15) is 26.3 Å². The highest BCUT2D eigenvalue weighted by Gasteiger charge is 2.70. The van der Waals surface area contributed by atoms with Gasteiger partial charge in [0.25, 0.3) is 5.60 Å². The first kappa shape index (κ1) is 24.3. The van der Waals surface area contributed by atoms with Crippen molar-refractivity contribution < 1.29 is 55.3 Å². The van der Waals surface area contributed by atoms with Crippen LogP contribution in [0.25, 0.3) is 0 Å². The lowest BCUT2D eigenvalue weighted by Gasteiger charge is -2.32. The van der Waals surface area contributed by atoms with Crippen molar-refractivity contribution in [3.05, 3.63) is 0 Å². The summed E-state index contributed by atoms with van der Waals surface area (Å²) in [6, 6.07) is 0. The average Bonchev–Trinajstić information content (AvgIpc) is 2.48. The van der Waals surface area contributed by atoms with Gasteiger partial charge in [0.15, 0.2) is 0 Å². The summed E-state index contributed by atoms with van der Waals surface area (Å²) in [5.41, 5.74) is -4.96. The molecule has 0 spiro atoms. The van der Waals surface area contributed by atoms with Gasteiger partial charge in [-0.1, -0.05) is 5.23 Å². The quantitative estimate of drug-likeness (QED) is 0.289. The van der Waals surface area contributed by atoms with E-state index >= 15 is 0 Å². The molecule has 0 aliphatic rings. The van der Waals surface area contributed by atoms with Gasteiger partial charge in [0, 0.05) is 14.2 Å². The Hall–Kier alpha value is -0.700. The summed E-state index contributed by atoms with van der Waals surface area (Å²) in [5, 5.41) is 9.73. The SMILES string of the molecule is COCCON(CCOCC(O)(C(F)(F)F)C(F)(F)F)OCCOC. The van der Waals surface area contributed by atoms with E-state index in [1.165, 1.54) is 14.2 Å². The zero-order chi connectivity index (χ0) is 19.6. The van der Waals surface area contributed by atoms with Gasteiger partial charge in [0.05, 0.1) is 46.2 Å². The maximum atomic E-state index is 12.5. The van der Waals surface area contributed by atoms with Crippen LogP contribution in [-0.2, 0) is 23.9 Å². The second kappa shape index (κ2) is 11.1. The van der Waals surface area contributed by atoms with Crippen molar-refractivity contribution in [3.8, 4) is 0 Å². The Kier molecular flexibility index (Phi) is 10.8. The molecule has 0 saturated heterocycles. The third-order valence-corrected chi connectivity index (χ3v) is 2.71. The van der Waals surface area contributed by atoms with Crippen molar-refractivity contribution in [1.82, 2.24) is 5.23 Å². The van der Waals surface area contributed by atoms with E-state index in [1.807, 2.05) is 0 Å². The van der Waals surface area contributed by atoms with Crippen LogP contribution >= 0.6 is 0 Å². The van der Waals surface area contributed by atoms with Gasteiger partial charge in [0.2, 0.25) is 0 Å². The first-order valence-electron chi connectivity index (χ1n) is 6.94. The van der Waals surface area contributed by atoms with E-state index in [0.717, 1.165) is 5.23 Å². The molecule has 0 radical (unpaired) electrons. The van der Waals surface area contributed by atoms with E-state index in [-0.39, 0.29) is 33.0 Å². The van der Waals surface area contributed by atoms with Gasteiger partial charge in [-0.25, -0.2) is 0 Å². The molecule has 0 unspecified atom stereocenters. The Morgan fingerprint density at radius 2 is 1.20 bits per heavy atom. The largest absolute Gasteiger partial charge is 0.428 e. The highest BCUT2D eigenvalue weighted by molar-refractivity contribution is 4.93. The molecule has 0 aromatic carbocycles. The van der Waals surface area contributed by atoms with Gasteiger partial charge in [-0.05, 0) is 0 Å². The second-order valence-corrected chi connectivity index (χ2v) is 4.62. The van der Waals surface area contributed by atoms with Crippen LogP contribution in [0.15, 0.2) is 0 Å². The maximum Gasteiger partial charge on any atom is 0.428 e. The molecule has 152 valence electrons. The average molecular weight is 389 g/mol. The van der Waals surface area contributed by atoms with Crippen LogP contribution in [0.1, 0.15) is 0 Å². The van der Waals surface area contributed by atoms with Gasteiger partial charge in [-0.15, -0.1) is 0 Å². The molecule has 0 aromatic heterocycles. The Morgan fingerprint density at radius 1 is 0.760 bits per heavy atom. The molecule has 0 rings (SSSR count). The van der Waals surface area contributed by atoms with Crippen molar-refractivity contribution >= 4 is 0 Å². The molecule has 25 heavy (non-hydrogen) atoms. The fourth-order valence-corrected chi connectivity index (χ4v) is 1.29. The molecule has 0 aliphatic heterocycles. The Bertz CT molecular complexity index is 330. The molecule has 0 heterocycles. The van der Waals surface area contributed by atoms with E-state index in [0.29, 0.717) is 0 Å². The highest BCUT2D eigenvalue weighted by atomic mass is 19.4. The summed E-state index contributed by atoms with van der Waals surface area (Å²) in [6.07, 6.45) is -11.9. The minimum atomic E-state index is -5.94. The molecule has 1 N–H and O–H groups in total. The summed E-state index contributed by atoms with van der Waals surface area (Å²) in [7, 11) is 2.80. The Balaban J connectivity index is 4.48. The first-order chi connectivity index (χ1) is 11.5. The lowest BCUT2D eigenvalue weighted by molar-refractivity contribution is -0.386. The summed E-state index contributed by atoms with van der Waals surface area (Å²) >= 11 is 0. The van der Waals surface area contributed by atoms with Crippen LogP contribution in [0.2, 0.25) is 0 Å². The number of ether oxygens (including phenoxy) is 3. The number of hydrogen-bond acceptors (Lipinski definition) is 7. The first-order valence-corrected chi connectivity index (χ1v) is 6.94. The van der Waals surface area contributed by atoms with Crippen molar-refractivity contribution in [2.24, 2.45) is 0 Å². The Morgan fingerprint density at radius 3 is 1.56 bits per heavy atom. The third kappa shape index (κ3) is 8.48. The monoisotopic (exact) mass is 389 g/mol. The minimum absolute atomic E-state index is 0.0263. The minimum Gasteiger partial charge on any atom is -0.382 e. The predicted octanol–water partition coefficient (Wildman–Crippen LogP) is 1.32. The van der Waals surface area contributed by atoms with Crippen LogP contribution in [0.5, 0.6) is 0 Å². The number of nitrogens with zero attached hydrogens (tertiary/aromatic N) is 1. The van der Waals surface area contributed by atoms with Crippen LogP contribution in [-0.4, -0.2) is 88.7 Å². The van der Waals surface area contributed by atoms with Gasteiger partial charge >= 0.3 is 12.4 Å². The maximum absolute atomic E-state index is 12.5. The molecule has 0 saturated carbocycles. The van der Waals surface area contributed by atoms with Crippen LogP contribution in [0.3, 0.4) is 0 Å². The van der Waals surface area contributed by atoms with Crippen LogP contribution < -0.4 is 0 Å².